The van der Waals surface area contributed by atoms with Gasteiger partial charge in [0.25, 0.3) is 0 Å². The van der Waals surface area contributed by atoms with Gasteiger partial charge in [-0.15, -0.1) is 0 Å². The summed E-state index contributed by atoms with van der Waals surface area (Å²) < 4.78 is 67.7. The maximum Gasteiger partial charge on any atom is 0.417 e. The smallest absolute Gasteiger partial charge is 0.417 e. The van der Waals surface area contributed by atoms with E-state index in [0.29, 0.717) is 43.7 Å². The number of halogens is 3. The summed E-state index contributed by atoms with van der Waals surface area (Å²) in [6.45, 7) is 21.5. The third-order valence-corrected chi connectivity index (χ3v) is 15.0. The Kier molecular flexibility index (Phi) is 9.05. The first-order valence-electron chi connectivity index (χ1n) is 16.4. The van der Waals surface area contributed by atoms with E-state index in [4.69, 9.17) is 23.6 Å². The van der Waals surface area contributed by atoms with Crippen molar-refractivity contribution in [2.75, 3.05) is 13.2 Å². The second kappa shape index (κ2) is 12.0. The quantitative estimate of drug-likeness (QED) is 0.231. The summed E-state index contributed by atoms with van der Waals surface area (Å²) in [6.07, 6.45) is -4.88. The van der Waals surface area contributed by atoms with Gasteiger partial charge in [0.2, 0.25) is 0 Å². The summed E-state index contributed by atoms with van der Waals surface area (Å²) in [4.78, 5) is 17.9. The fourth-order valence-electron chi connectivity index (χ4n) is 7.16. The molecule has 1 spiro atoms. The molecule has 256 valence electrons. The number of rotatable bonds is 5. The number of benzene rings is 1. The molecule has 0 radical (unpaired) electrons. The zero-order valence-corrected chi connectivity index (χ0v) is 30.1. The van der Waals surface area contributed by atoms with Crippen LogP contribution < -0.4 is 0 Å². The molecule has 47 heavy (non-hydrogen) atoms. The lowest BCUT2D eigenvalue weighted by atomic mass is 9.68. The molecule has 1 fully saturated rings. The minimum atomic E-state index is -4.67. The van der Waals surface area contributed by atoms with Crippen molar-refractivity contribution in [3.05, 3.63) is 63.0 Å². The van der Waals surface area contributed by atoms with Gasteiger partial charge < -0.3 is 18.6 Å². The summed E-state index contributed by atoms with van der Waals surface area (Å²) in [5.74, 6) is -0.516. The number of alkyl halides is 3. The molecule has 1 aromatic carbocycles. The first-order valence-corrected chi connectivity index (χ1v) is 19.3. The minimum absolute atomic E-state index is 0.0954. The summed E-state index contributed by atoms with van der Waals surface area (Å²) in [5.41, 5.74) is 1.62. The van der Waals surface area contributed by atoms with Crippen LogP contribution in [-0.4, -0.2) is 32.5 Å². The topological polar surface area (TPSA) is 90.7 Å². The molecule has 7 nitrogen and oxygen atoms in total. The summed E-state index contributed by atoms with van der Waals surface area (Å²) in [6, 6.07) is 5.43. The Morgan fingerprint density at radius 2 is 1.77 bits per heavy atom. The number of hydrogen-bond donors (Lipinski definition) is 0. The van der Waals surface area contributed by atoms with Crippen LogP contribution in [0.25, 0.3) is 0 Å². The number of carbonyl (C=O) groups is 1. The third kappa shape index (κ3) is 6.27. The van der Waals surface area contributed by atoms with E-state index in [1.54, 1.807) is 6.07 Å². The predicted molar refractivity (Wildman–Crippen MR) is 173 cm³/mol. The van der Waals surface area contributed by atoms with Crippen LogP contribution in [0.15, 0.2) is 18.2 Å². The number of nitrogens with zero attached hydrogens (tertiary/aromatic N) is 2. The Hall–Kier alpha value is -2.78. The molecule has 3 heterocycles. The maximum atomic E-state index is 13.8. The molecule has 0 saturated carbocycles. The summed E-state index contributed by atoms with van der Waals surface area (Å²) in [5, 5.41) is 9.68. The molecule has 0 unspecified atom stereocenters. The van der Waals surface area contributed by atoms with E-state index in [-0.39, 0.29) is 17.1 Å². The monoisotopic (exact) mass is 672 g/mol. The Labute approximate surface area is 277 Å². The lowest BCUT2D eigenvalue weighted by Gasteiger charge is -2.48. The lowest BCUT2D eigenvalue weighted by Crippen LogP contribution is -2.46. The highest BCUT2D eigenvalue weighted by Gasteiger charge is 2.56. The minimum Gasteiger partial charge on any atom is -0.455 e. The van der Waals surface area contributed by atoms with Gasteiger partial charge in [0.1, 0.15) is 12.2 Å². The van der Waals surface area contributed by atoms with Gasteiger partial charge in [-0.25, -0.2) is 0 Å². The van der Waals surface area contributed by atoms with Gasteiger partial charge in [0, 0.05) is 55.2 Å². The molecule has 0 amide bonds. The highest BCUT2D eigenvalue weighted by atomic mass is 28.4. The molecular formula is C36H47F3N2O5Si. The van der Waals surface area contributed by atoms with Crippen molar-refractivity contribution >= 4 is 14.3 Å². The number of hydrogen-bond acceptors (Lipinski definition) is 7. The van der Waals surface area contributed by atoms with Crippen molar-refractivity contribution in [2.24, 2.45) is 5.41 Å². The number of aromatic nitrogens is 1. The van der Waals surface area contributed by atoms with E-state index in [9.17, 15) is 23.2 Å². The van der Waals surface area contributed by atoms with Gasteiger partial charge in [0.15, 0.2) is 8.32 Å². The average molecular weight is 673 g/mol. The van der Waals surface area contributed by atoms with Gasteiger partial charge in [-0.1, -0.05) is 54.5 Å². The van der Waals surface area contributed by atoms with Gasteiger partial charge in [-0.3, -0.25) is 9.78 Å². The lowest BCUT2D eigenvalue weighted by molar-refractivity contribution is -0.156. The zero-order chi connectivity index (χ0) is 34.9. The molecule has 0 bridgehead atoms. The number of pyridine rings is 1. The zero-order valence-electron chi connectivity index (χ0n) is 29.1. The standard InChI is InChI=1S/C36H47F3N2O5Si/c1-20(2)29-27-28(26-25(46-47(9,10)33(4,5)6)18-34(7,8)32(30(26)41-29)44-21(3)42)35(13-15-43-16-14-35)45-31(27)22-11-12-24(36(37,38)39)23(17-22)19-40/h11-12,17,20,25,31-32H,13-16,18H2,1-10H3/t25-,31+,32-/m0/s1. The number of carbonyl (C=O) groups excluding carboxylic acids is 1. The van der Waals surface area contributed by atoms with Gasteiger partial charge in [-0.2, -0.15) is 18.4 Å². The van der Waals surface area contributed by atoms with E-state index in [1.807, 2.05) is 13.8 Å². The maximum absolute atomic E-state index is 13.8. The first kappa shape index (κ1) is 35.5. The molecular weight excluding hydrogens is 625 g/mol. The van der Waals surface area contributed by atoms with E-state index < -0.39 is 54.8 Å². The molecule has 1 aliphatic carbocycles. The highest BCUT2D eigenvalue weighted by Crippen LogP contribution is 2.61. The Bertz CT molecular complexity index is 1600. The van der Waals surface area contributed by atoms with Crippen molar-refractivity contribution in [2.45, 2.75) is 129 Å². The fraction of sp³-hybridized carbons (Fsp3) is 0.639. The van der Waals surface area contributed by atoms with E-state index in [0.717, 1.165) is 28.5 Å². The van der Waals surface area contributed by atoms with Crippen LogP contribution in [0.4, 0.5) is 13.2 Å². The van der Waals surface area contributed by atoms with Gasteiger partial charge in [0.05, 0.1) is 34.6 Å². The molecule has 0 N–H and O–H groups in total. The second-order valence-electron chi connectivity index (χ2n) is 15.8. The van der Waals surface area contributed by atoms with Crippen molar-refractivity contribution < 1.29 is 36.6 Å². The molecule has 2 aliphatic heterocycles. The fourth-order valence-corrected chi connectivity index (χ4v) is 8.42. The number of ether oxygens (including phenoxy) is 3. The van der Waals surface area contributed by atoms with Crippen LogP contribution in [0.1, 0.15) is 144 Å². The Morgan fingerprint density at radius 3 is 2.30 bits per heavy atom. The molecule has 2 aromatic rings. The molecule has 5 rings (SSSR count). The van der Waals surface area contributed by atoms with Gasteiger partial charge >= 0.3 is 12.1 Å². The van der Waals surface area contributed by atoms with E-state index >= 15 is 0 Å². The second-order valence-corrected chi connectivity index (χ2v) is 20.6. The highest BCUT2D eigenvalue weighted by molar-refractivity contribution is 6.74. The number of nitriles is 1. The average Bonchev–Trinajstić information content (AvgIpc) is 3.26. The van der Waals surface area contributed by atoms with Crippen LogP contribution in [0.2, 0.25) is 18.1 Å². The largest absolute Gasteiger partial charge is 0.455 e. The van der Waals surface area contributed by atoms with E-state index in [2.05, 4.69) is 47.7 Å². The summed E-state index contributed by atoms with van der Waals surface area (Å²) in [7, 11) is -2.37. The molecule has 1 saturated heterocycles. The third-order valence-electron chi connectivity index (χ3n) is 10.5. The molecule has 11 heteroatoms. The van der Waals surface area contributed by atoms with Crippen LogP contribution in [0.3, 0.4) is 0 Å². The molecule has 1 aromatic heterocycles. The van der Waals surface area contributed by atoms with Crippen LogP contribution >= 0.6 is 0 Å². The molecule has 3 aliphatic rings. The Balaban J connectivity index is 1.86. The number of fused-ring (bicyclic) bond motifs is 4. The van der Waals surface area contributed by atoms with Crippen molar-refractivity contribution in [3.63, 3.8) is 0 Å². The van der Waals surface area contributed by atoms with Gasteiger partial charge in [-0.05, 0) is 53.7 Å². The first-order chi connectivity index (χ1) is 21.6. The normalized spacial score (nSPS) is 23.7. The predicted octanol–water partition coefficient (Wildman–Crippen LogP) is 9.32. The van der Waals surface area contributed by atoms with Crippen molar-refractivity contribution in [3.8, 4) is 6.07 Å². The SMILES string of the molecule is CC(=O)O[C@H]1c2nc(C(C)C)c3c(c2[C@@H](O[Si](C)(C)C(C)(C)C)CC1(C)C)C1(CCOCC1)O[C@@H]3c1ccc(C(F)(F)F)c(C#N)c1. The van der Waals surface area contributed by atoms with Crippen molar-refractivity contribution in [1.82, 2.24) is 4.98 Å². The van der Waals surface area contributed by atoms with E-state index in [1.165, 1.54) is 19.1 Å². The van der Waals surface area contributed by atoms with Crippen LogP contribution in [-0.2, 0) is 35.2 Å². The Morgan fingerprint density at radius 1 is 1.13 bits per heavy atom. The van der Waals surface area contributed by atoms with Crippen LogP contribution in [0, 0.1) is 16.7 Å². The number of esters is 1. The summed E-state index contributed by atoms with van der Waals surface area (Å²) >= 11 is 0. The molecule has 3 atom stereocenters. The van der Waals surface area contributed by atoms with Crippen molar-refractivity contribution in [1.29, 1.82) is 5.26 Å². The van der Waals surface area contributed by atoms with Crippen LogP contribution in [0.5, 0.6) is 0 Å².